The smallest absolute Gasteiger partial charge is 0.274 e. The summed E-state index contributed by atoms with van der Waals surface area (Å²) in [6, 6.07) is 5.34. The van der Waals surface area contributed by atoms with E-state index in [9.17, 15) is 15.2 Å². The quantitative estimate of drug-likeness (QED) is 0.642. The van der Waals surface area contributed by atoms with Gasteiger partial charge in [0.05, 0.1) is 17.6 Å². The number of hydrogen-bond acceptors (Lipinski definition) is 4. The number of aliphatic hydroxyl groups is 1. The van der Waals surface area contributed by atoms with Crippen molar-refractivity contribution in [3.8, 4) is 0 Å². The third kappa shape index (κ3) is 2.24. The second kappa shape index (κ2) is 4.71. The summed E-state index contributed by atoms with van der Waals surface area (Å²) in [7, 11) is 0. The fourth-order valence-corrected chi connectivity index (χ4v) is 2.34. The average Bonchev–Trinajstić information content (AvgIpc) is 2.77. The minimum atomic E-state index is -0.358. The van der Waals surface area contributed by atoms with Crippen LogP contribution in [-0.4, -0.2) is 29.2 Å². The molecule has 1 aromatic rings. The Morgan fingerprint density at radius 3 is 3.00 bits per heavy atom. The molecule has 1 N–H and O–H groups in total. The Morgan fingerprint density at radius 2 is 2.35 bits per heavy atom. The van der Waals surface area contributed by atoms with Gasteiger partial charge in [-0.25, -0.2) is 0 Å². The molecule has 1 unspecified atom stereocenters. The zero-order valence-electron chi connectivity index (χ0n) is 9.80. The summed E-state index contributed by atoms with van der Waals surface area (Å²) < 4.78 is 0. The summed E-state index contributed by atoms with van der Waals surface area (Å²) in [5, 5.41) is 20.1. The molecule has 1 aliphatic rings. The summed E-state index contributed by atoms with van der Waals surface area (Å²) in [6.45, 7) is 2.68. The van der Waals surface area contributed by atoms with Gasteiger partial charge in [0, 0.05) is 23.9 Å². The topological polar surface area (TPSA) is 66.6 Å². The minimum Gasteiger partial charge on any atom is -0.394 e. The number of hydrogen-bond donors (Lipinski definition) is 1. The SMILES string of the molecule is Cc1ccc(N2CCCC2CO)cc1[N+](=O)[O-]. The molecule has 17 heavy (non-hydrogen) atoms. The standard InChI is InChI=1S/C12H16N2O3/c1-9-4-5-10(7-12(9)14(16)17)13-6-2-3-11(13)8-15/h4-5,7,11,15H,2-3,6,8H2,1H3. The summed E-state index contributed by atoms with van der Waals surface area (Å²) in [5.41, 5.74) is 1.64. The molecule has 1 atom stereocenters. The van der Waals surface area contributed by atoms with E-state index in [1.165, 1.54) is 0 Å². The molecule has 5 heteroatoms. The van der Waals surface area contributed by atoms with Gasteiger partial charge in [-0.3, -0.25) is 10.1 Å². The van der Waals surface area contributed by atoms with Crippen molar-refractivity contribution in [1.82, 2.24) is 0 Å². The Bertz CT molecular complexity index is 434. The van der Waals surface area contributed by atoms with Crippen molar-refractivity contribution in [2.45, 2.75) is 25.8 Å². The average molecular weight is 236 g/mol. The first-order valence-electron chi connectivity index (χ1n) is 5.76. The van der Waals surface area contributed by atoms with Gasteiger partial charge in [-0.15, -0.1) is 0 Å². The van der Waals surface area contributed by atoms with Gasteiger partial charge in [-0.2, -0.15) is 0 Å². The van der Waals surface area contributed by atoms with E-state index in [-0.39, 0.29) is 23.3 Å². The number of anilines is 1. The summed E-state index contributed by atoms with van der Waals surface area (Å²) in [4.78, 5) is 12.6. The molecule has 0 radical (unpaired) electrons. The van der Waals surface area contributed by atoms with Crippen LogP contribution in [-0.2, 0) is 0 Å². The molecule has 1 aromatic carbocycles. The molecule has 0 bridgehead atoms. The summed E-state index contributed by atoms with van der Waals surface area (Å²) >= 11 is 0. The van der Waals surface area contributed by atoms with Crippen LogP contribution in [0.25, 0.3) is 0 Å². The first kappa shape index (κ1) is 11.9. The number of nitrogens with zero attached hydrogens (tertiary/aromatic N) is 2. The van der Waals surface area contributed by atoms with Gasteiger partial charge in [0.15, 0.2) is 0 Å². The van der Waals surface area contributed by atoms with E-state index in [0.29, 0.717) is 5.56 Å². The zero-order valence-corrected chi connectivity index (χ0v) is 9.80. The van der Waals surface area contributed by atoms with Crippen molar-refractivity contribution >= 4 is 11.4 Å². The number of rotatable bonds is 3. The van der Waals surface area contributed by atoms with E-state index in [2.05, 4.69) is 0 Å². The Kier molecular flexibility index (Phi) is 3.28. The van der Waals surface area contributed by atoms with Gasteiger partial charge >= 0.3 is 0 Å². The Hall–Kier alpha value is -1.62. The Morgan fingerprint density at radius 1 is 1.59 bits per heavy atom. The fourth-order valence-electron chi connectivity index (χ4n) is 2.34. The third-order valence-corrected chi connectivity index (χ3v) is 3.31. The van der Waals surface area contributed by atoms with Crippen molar-refractivity contribution in [3.63, 3.8) is 0 Å². The largest absolute Gasteiger partial charge is 0.394 e. The predicted octanol–water partition coefficient (Wildman–Crippen LogP) is 1.86. The van der Waals surface area contributed by atoms with Crippen molar-refractivity contribution in [2.24, 2.45) is 0 Å². The maximum Gasteiger partial charge on any atom is 0.274 e. The molecule has 0 amide bonds. The molecule has 0 aliphatic carbocycles. The number of benzene rings is 1. The minimum absolute atomic E-state index is 0.0947. The van der Waals surface area contributed by atoms with Gasteiger partial charge in [0.1, 0.15) is 0 Å². The molecule has 1 heterocycles. The van der Waals surface area contributed by atoms with Crippen LogP contribution in [0.3, 0.4) is 0 Å². The second-order valence-corrected chi connectivity index (χ2v) is 4.40. The Labute approximate surface area is 99.8 Å². The van der Waals surface area contributed by atoms with E-state index in [0.717, 1.165) is 25.1 Å². The molecule has 1 fully saturated rings. The number of nitro benzene ring substituents is 1. The normalized spacial score (nSPS) is 19.6. The zero-order chi connectivity index (χ0) is 12.4. The molecule has 2 rings (SSSR count). The molecule has 92 valence electrons. The molecule has 0 aromatic heterocycles. The van der Waals surface area contributed by atoms with Crippen LogP contribution in [0.15, 0.2) is 18.2 Å². The molecular weight excluding hydrogens is 220 g/mol. The van der Waals surface area contributed by atoms with Crippen molar-refractivity contribution < 1.29 is 10.0 Å². The first-order valence-corrected chi connectivity index (χ1v) is 5.76. The highest BCUT2D eigenvalue weighted by molar-refractivity contribution is 5.57. The first-order chi connectivity index (χ1) is 8.13. The van der Waals surface area contributed by atoms with Crippen molar-refractivity contribution in [1.29, 1.82) is 0 Å². The van der Waals surface area contributed by atoms with Crippen molar-refractivity contribution in [2.75, 3.05) is 18.1 Å². The number of aliphatic hydroxyl groups excluding tert-OH is 1. The van der Waals surface area contributed by atoms with E-state index in [4.69, 9.17) is 0 Å². The predicted molar refractivity (Wildman–Crippen MR) is 65.3 cm³/mol. The van der Waals surface area contributed by atoms with Gasteiger partial charge in [0.25, 0.3) is 5.69 Å². The summed E-state index contributed by atoms with van der Waals surface area (Å²) in [5.74, 6) is 0. The molecular formula is C12H16N2O3. The van der Waals surface area contributed by atoms with Crippen LogP contribution in [0, 0.1) is 17.0 Å². The highest BCUT2D eigenvalue weighted by atomic mass is 16.6. The van der Waals surface area contributed by atoms with Crippen LogP contribution in [0.2, 0.25) is 0 Å². The van der Waals surface area contributed by atoms with Gasteiger partial charge < -0.3 is 10.0 Å². The maximum atomic E-state index is 10.9. The van der Waals surface area contributed by atoms with Crippen LogP contribution >= 0.6 is 0 Å². The van der Waals surface area contributed by atoms with Gasteiger partial charge in [-0.05, 0) is 25.8 Å². The Balaban J connectivity index is 2.33. The van der Waals surface area contributed by atoms with E-state index < -0.39 is 0 Å². The summed E-state index contributed by atoms with van der Waals surface area (Å²) in [6.07, 6.45) is 1.96. The highest BCUT2D eigenvalue weighted by Gasteiger charge is 2.25. The third-order valence-electron chi connectivity index (χ3n) is 3.31. The van der Waals surface area contributed by atoms with E-state index in [1.54, 1.807) is 19.1 Å². The lowest BCUT2D eigenvalue weighted by Crippen LogP contribution is -2.31. The lowest BCUT2D eigenvalue weighted by Gasteiger charge is -2.25. The maximum absolute atomic E-state index is 10.9. The number of nitro groups is 1. The van der Waals surface area contributed by atoms with Gasteiger partial charge in [0.2, 0.25) is 0 Å². The van der Waals surface area contributed by atoms with Gasteiger partial charge in [-0.1, -0.05) is 6.07 Å². The molecule has 5 nitrogen and oxygen atoms in total. The monoisotopic (exact) mass is 236 g/mol. The van der Waals surface area contributed by atoms with E-state index in [1.807, 2.05) is 11.0 Å². The lowest BCUT2D eigenvalue weighted by atomic mass is 10.1. The van der Waals surface area contributed by atoms with Crippen LogP contribution in [0.5, 0.6) is 0 Å². The van der Waals surface area contributed by atoms with Crippen LogP contribution in [0.4, 0.5) is 11.4 Å². The molecule has 0 spiro atoms. The molecule has 1 aliphatic heterocycles. The fraction of sp³-hybridized carbons (Fsp3) is 0.500. The highest BCUT2D eigenvalue weighted by Crippen LogP contribution is 2.30. The second-order valence-electron chi connectivity index (χ2n) is 4.40. The molecule has 1 saturated heterocycles. The van der Waals surface area contributed by atoms with Crippen molar-refractivity contribution in [3.05, 3.63) is 33.9 Å². The lowest BCUT2D eigenvalue weighted by molar-refractivity contribution is -0.385. The van der Waals surface area contributed by atoms with Crippen LogP contribution in [0.1, 0.15) is 18.4 Å². The van der Waals surface area contributed by atoms with Crippen LogP contribution < -0.4 is 4.90 Å². The van der Waals surface area contributed by atoms with E-state index >= 15 is 0 Å². The molecule has 0 saturated carbocycles. The number of aryl methyl sites for hydroxylation is 1.